The number of benzene rings is 1. The molecule has 0 bridgehead atoms. The van der Waals surface area contributed by atoms with Gasteiger partial charge in [-0.15, -0.1) is 0 Å². The van der Waals surface area contributed by atoms with Gasteiger partial charge in [-0.1, -0.05) is 32.9 Å². The van der Waals surface area contributed by atoms with E-state index in [1.807, 2.05) is 19.1 Å². The molecule has 4 nitrogen and oxygen atoms in total. The van der Waals surface area contributed by atoms with Crippen molar-refractivity contribution in [2.45, 2.75) is 38.4 Å². The third kappa shape index (κ3) is 3.71. The van der Waals surface area contributed by atoms with Crippen LogP contribution < -0.4 is 10.5 Å². The van der Waals surface area contributed by atoms with Gasteiger partial charge in [0.2, 0.25) is 10.0 Å². The molecule has 1 atom stereocenters. The fourth-order valence-corrected chi connectivity index (χ4v) is 3.02. The van der Waals surface area contributed by atoms with E-state index in [0.29, 0.717) is 18.0 Å². The summed E-state index contributed by atoms with van der Waals surface area (Å²) < 4.78 is 26.6. The first-order valence-electron chi connectivity index (χ1n) is 6.22. The summed E-state index contributed by atoms with van der Waals surface area (Å²) >= 11 is 0. The van der Waals surface area contributed by atoms with Gasteiger partial charge in [0.15, 0.2) is 0 Å². The van der Waals surface area contributed by atoms with Crippen molar-refractivity contribution in [1.29, 1.82) is 0 Å². The number of hydrogen-bond donors (Lipinski definition) is 2. The quantitative estimate of drug-likeness (QED) is 0.833. The highest BCUT2D eigenvalue weighted by Crippen LogP contribution is 2.19. The maximum absolute atomic E-state index is 12.0. The molecule has 1 aromatic rings. The second kappa shape index (κ2) is 6.20. The summed E-state index contributed by atoms with van der Waals surface area (Å²) in [4.78, 5) is 0. The Bertz CT molecular complexity index is 462. The van der Waals surface area contributed by atoms with E-state index in [-0.39, 0.29) is 6.54 Å². The molecule has 0 saturated carbocycles. The number of nitrogens with two attached hydrogens (primary N) is 1. The Morgan fingerprint density at radius 1 is 1.22 bits per heavy atom. The van der Waals surface area contributed by atoms with E-state index in [1.54, 1.807) is 12.1 Å². The lowest BCUT2D eigenvalue weighted by atomic mass is 10.0. The van der Waals surface area contributed by atoms with Crippen LogP contribution in [-0.4, -0.2) is 20.2 Å². The van der Waals surface area contributed by atoms with Gasteiger partial charge in [-0.2, -0.15) is 0 Å². The first kappa shape index (κ1) is 15.0. The Kier molecular flexibility index (Phi) is 5.16. The minimum atomic E-state index is -3.38. The highest BCUT2D eigenvalue weighted by atomic mass is 32.2. The zero-order chi connectivity index (χ0) is 13.8. The average molecular weight is 270 g/mol. The number of anilines is 1. The van der Waals surface area contributed by atoms with Gasteiger partial charge in [0.05, 0.1) is 5.25 Å². The molecule has 0 aliphatic heterocycles. The lowest BCUT2D eigenvalue weighted by Gasteiger charge is -2.16. The van der Waals surface area contributed by atoms with E-state index >= 15 is 0 Å². The van der Waals surface area contributed by atoms with Gasteiger partial charge < -0.3 is 5.73 Å². The molecule has 0 heterocycles. The lowest BCUT2D eigenvalue weighted by Crippen LogP contribution is -2.33. The number of nitrogens with one attached hydrogen (secondary N) is 1. The van der Waals surface area contributed by atoms with Crippen molar-refractivity contribution in [3.05, 3.63) is 29.8 Å². The van der Waals surface area contributed by atoms with Crippen LogP contribution in [0.2, 0.25) is 0 Å². The summed E-state index contributed by atoms with van der Waals surface area (Å²) in [6.07, 6.45) is 0.510. The van der Waals surface area contributed by atoms with Crippen molar-refractivity contribution in [2.24, 2.45) is 5.73 Å². The first-order chi connectivity index (χ1) is 8.40. The first-order valence-corrected chi connectivity index (χ1v) is 7.77. The van der Waals surface area contributed by atoms with Crippen molar-refractivity contribution < 1.29 is 8.42 Å². The molecule has 18 heavy (non-hydrogen) atoms. The van der Waals surface area contributed by atoms with Gasteiger partial charge in [0, 0.05) is 12.2 Å². The largest absolute Gasteiger partial charge is 0.329 e. The summed E-state index contributed by atoms with van der Waals surface area (Å²) in [5.41, 5.74) is 7.24. The van der Waals surface area contributed by atoms with Crippen LogP contribution in [0.3, 0.4) is 0 Å². The maximum atomic E-state index is 12.0. The molecule has 1 rings (SSSR count). The summed E-state index contributed by atoms with van der Waals surface area (Å²) in [6, 6.07) is 7.45. The van der Waals surface area contributed by atoms with E-state index in [0.717, 1.165) is 0 Å². The minimum Gasteiger partial charge on any atom is -0.329 e. The molecule has 3 N–H and O–H groups in total. The third-order valence-electron chi connectivity index (χ3n) is 2.99. The molecule has 1 aromatic carbocycles. The fourth-order valence-electron chi connectivity index (χ4n) is 1.70. The third-order valence-corrected chi connectivity index (χ3v) is 4.92. The van der Waals surface area contributed by atoms with Crippen LogP contribution >= 0.6 is 0 Å². The smallest absolute Gasteiger partial charge is 0.236 e. The van der Waals surface area contributed by atoms with Gasteiger partial charge in [0.25, 0.3) is 0 Å². The zero-order valence-electron chi connectivity index (χ0n) is 11.2. The number of sulfonamides is 1. The Morgan fingerprint density at radius 3 is 2.17 bits per heavy atom. The van der Waals surface area contributed by atoms with E-state index < -0.39 is 15.3 Å². The molecule has 0 aliphatic rings. The molecule has 0 amide bonds. The van der Waals surface area contributed by atoms with Gasteiger partial charge in [-0.25, -0.2) is 8.42 Å². The van der Waals surface area contributed by atoms with Crippen LogP contribution in [0.5, 0.6) is 0 Å². The van der Waals surface area contributed by atoms with Crippen molar-refractivity contribution in [3.8, 4) is 0 Å². The summed E-state index contributed by atoms with van der Waals surface area (Å²) in [7, 11) is -3.38. The molecule has 0 radical (unpaired) electrons. The van der Waals surface area contributed by atoms with Crippen LogP contribution in [0.1, 0.15) is 38.7 Å². The van der Waals surface area contributed by atoms with Gasteiger partial charge in [-0.05, 0) is 30.0 Å². The molecule has 0 fully saturated rings. The second-order valence-corrected chi connectivity index (χ2v) is 6.65. The molecule has 0 aromatic heterocycles. The number of rotatable bonds is 6. The highest BCUT2D eigenvalue weighted by molar-refractivity contribution is 7.93. The molecule has 1 unspecified atom stereocenters. The SMILES string of the molecule is CCC(CN)S(=O)(=O)Nc1ccc(C(C)C)cc1. The predicted octanol–water partition coefficient (Wildman–Crippen LogP) is 2.29. The summed E-state index contributed by atoms with van der Waals surface area (Å²) in [5, 5.41) is -0.540. The van der Waals surface area contributed by atoms with Crippen LogP contribution in [0.15, 0.2) is 24.3 Å². The molecule has 102 valence electrons. The van der Waals surface area contributed by atoms with Crippen LogP contribution in [0, 0.1) is 0 Å². The molecule has 0 spiro atoms. The molecule has 5 heteroatoms. The Morgan fingerprint density at radius 2 is 1.78 bits per heavy atom. The van der Waals surface area contributed by atoms with Crippen molar-refractivity contribution in [2.75, 3.05) is 11.3 Å². The minimum absolute atomic E-state index is 0.135. The van der Waals surface area contributed by atoms with E-state index in [4.69, 9.17) is 5.73 Å². The van der Waals surface area contributed by atoms with Crippen LogP contribution in [0.4, 0.5) is 5.69 Å². The number of hydrogen-bond acceptors (Lipinski definition) is 3. The predicted molar refractivity (Wildman–Crippen MR) is 76.2 cm³/mol. The van der Waals surface area contributed by atoms with E-state index in [1.165, 1.54) is 5.56 Å². The van der Waals surface area contributed by atoms with Crippen LogP contribution in [0.25, 0.3) is 0 Å². The van der Waals surface area contributed by atoms with Gasteiger partial charge >= 0.3 is 0 Å². The Labute approximate surface area is 110 Å². The van der Waals surface area contributed by atoms with Crippen molar-refractivity contribution in [3.63, 3.8) is 0 Å². The normalized spacial score (nSPS) is 13.6. The lowest BCUT2D eigenvalue weighted by molar-refractivity contribution is 0.581. The standard InChI is InChI=1S/C13H22N2O2S/c1-4-13(9-14)18(16,17)15-12-7-5-11(6-8-12)10(2)3/h5-8,10,13,15H,4,9,14H2,1-3H3. The maximum Gasteiger partial charge on any atom is 0.236 e. The molecule has 0 saturated heterocycles. The van der Waals surface area contributed by atoms with E-state index in [2.05, 4.69) is 18.6 Å². The Balaban J connectivity index is 2.84. The Hall–Kier alpha value is -1.07. The molecule has 0 aliphatic carbocycles. The van der Waals surface area contributed by atoms with E-state index in [9.17, 15) is 8.42 Å². The van der Waals surface area contributed by atoms with Gasteiger partial charge in [0.1, 0.15) is 0 Å². The van der Waals surface area contributed by atoms with Crippen LogP contribution in [-0.2, 0) is 10.0 Å². The zero-order valence-corrected chi connectivity index (χ0v) is 12.0. The molecular formula is C13H22N2O2S. The second-order valence-electron chi connectivity index (χ2n) is 4.69. The monoisotopic (exact) mass is 270 g/mol. The highest BCUT2D eigenvalue weighted by Gasteiger charge is 2.21. The summed E-state index contributed by atoms with van der Waals surface area (Å²) in [5.74, 6) is 0.433. The van der Waals surface area contributed by atoms with Gasteiger partial charge in [-0.3, -0.25) is 4.72 Å². The summed E-state index contributed by atoms with van der Waals surface area (Å²) in [6.45, 7) is 6.15. The fraction of sp³-hybridized carbons (Fsp3) is 0.538. The van der Waals surface area contributed by atoms with Crippen molar-refractivity contribution >= 4 is 15.7 Å². The van der Waals surface area contributed by atoms with Crippen molar-refractivity contribution in [1.82, 2.24) is 0 Å². The molecular weight excluding hydrogens is 248 g/mol. The topological polar surface area (TPSA) is 72.2 Å². The average Bonchev–Trinajstić information content (AvgIpc) is 2.30.